The molecule has 6 heteroatoms. The van der Waals surface area contributed by atoms with Gasteiger partial charge in [-0.05, 0) is 81.0 Å². The van der Waals surface area contributed by atoms with Gasteiger partial charge in [-0.1, -0.05) is 29.8 Å². The van der Waals surface area contributed by atoms with Crippen molar-refractivity contribution in [2.24, 2.45) is 0 Å². The van der Waals surface area contributed by atoms with Crippen molar-refractivity contribution in [1.82, 2.24) is 14.9 Å². The third-order valence-electron chi connectivity index (χ3n) is 6.51. The van der Waals surface area contributed by atoms with Crippen molar-refractivity contribution < 1.29 is 4.74 Å². The molecule has 0 aliphatic carbocycles. The Morgan fingerprint density at radius 2 is 1.71 bits per heavy atom. The number of thiocarbonyl (C=S) groups is 1. The van der Waals surface area contributed by atoms with Gasteiger partial charge in [-0.15, -0.1) is 0 Å². The number of hydrogen-bond donors (Lipinski definition) is 1. The SMILES string of the molecule is COc1cccc(-n2c(C)cc([C@@H]3[C@@H](c4ccccn4)NC(=S)N3c3ccc(C)cc3)c2C)c1. The number of rotatable bonds is 5. The van der Waals surface area contributed by atoms with Gasteiger partial charge in [0.15, 0.2) is 5.11 Å². The van der Waals surface area contributed by atoms with Crippen molar-refractivity contribution in [3.63, 3.8) is 0 Å². The summed E-state index contributed by atoms with van der Waals surface area (Å²) in [4.78, 5) is 6.91. The van der Waals surface area contributed by atoms with Gasteiger partial charge in [-0.3, -0.25) is 4.98 Å². The lowest BCUT2D eigenvalue weighted by Crippen LogP contribution is -2.29. The number of methoxy groups -OCH3 is 1. The maximum atomic E-state index is 5.88. The summed E-state index contributed by atoms with van der Waals surface area (Å²) < 4.78 is 7.76. The van der Waals surface area contributed by atoms with Gasteiger partial charge in [0, 0.05) is 35.0 Å². The summed E-state index contributed by atoms with van der Waals surface area (Å²) in [6.45, 7) is 6.41. The van der Waals surface area contributed by atoms with Crippen LogP contribution >= 0.6 is 12.2 Å². The first-order valence-electron chi connectivity index (χ1n) is 11.4. The molecule has 1 N–H and O–H groups in total. The van der Waals surface area contributed by atoms with Gasteiger partial charge in [-0.25, -0.2) is 0 Å². The summed E-state index contributed by atoms with van der Waals surface area (Å²) in [5, 5.41) is 4.27. The first kappa shape index (κ1) is 22.2. The first-order chi connectivity index (χ1) is 16.5. The average molecular weight is 469 g/mol. The number of anilines is 1. The molecular weight excluding hydrogens is 440 g/mol. The van der Waals surface area contributed by atoms with Crippen LogP contribution in [0.15, 0.2) is 79.0 Å². The largest absolute Gasteiger partial charge is 0.497 e. The predicted molar refractivity (Wildman–Crippen MR) is 141 cm³/mol. The second kappa shape index (κ2) is 8.95. The summed E-state index contributed by atoms with van der Waals surface area (Å²) in [7, 11) is 1.70. The van der Waals surface area contributed by atoms with Crippen LogP contribution < -0.4 is 15.0 Å². The molecule has 2 aromatic heterocycles. The van der Waals surface area contributed by atoms with Crippen LogP contribution in [0.5, 0.6) is 5.75 Å². The molecule has 4 aromatic rings. The van der Waals surface area contributed by atoms with Crippen molar-refractivity contribution >= 4 is 23.0 Å². The topological polar surface area (TPSA) is 42.3 Å². The van der Waals surface area contributed by atoms with Crippen molar-refractivity contribution in [1.29, 1.82) is 0 Å². The van der Waals surface area contributed by atoms with Crippen LogP contribution in [0.2, 0.25) is 0 Å². The summed E-state index contributed by atoms with van der Waals surface area (Å²) in [6, 6.07) is 24.9. The number of ether oxygens (including phenoxy) is 1. The first-order valence-corrected chi connectivity index (χ1v) is 11.8. The highest BCUT2D eigenvalue weighted by Crippen LogP contribution is 2.43. The highest BCUT2D eigenvalue weighted by atomic mass is 32.1. The van der Waals surface area contributed by atoms with E-state index in [4.69, 9.17) is 17.0 Å². The van der Waals surface area contributed by atoms with E-state index in [9.17, 15) is 0 Å². The minimum absolute atomic E-state index is 0.0457. The fourth-order valence-corrected chi connectivity index (χ4v) is 5.23. The lowest BCUT2D eigenvalue weighted by Gasteiger charge is -2.28. The van der Waals surface area contributed by atoms with Crippen LogP contribution in [0.25, 0.3) is 5.69 Å². The van der Waals surface area contributed by atoms with Gasteiger partial charge in [0.1, 0.15) is 5.75 Å². The van der Waals surface area contributed by atoms with E-state index in [1.165, 1.54) is 16.8 Å². The summed E-state index contributed by atoms with van der Waals surface area (Å²) in [5.41, 5.74) is 7.86. The molecule has 0 unspecified atom stereocenters. The minimum Gasteiger partial charge on any atom is -0.497 e. The van der Waals surface area contributed by atoms with Crippen molar-refractivity contribution in [2.45, 2.75) is 32.9 Å². The van der Waals surface area contributed by atoms with Gasteiger partial charge in [0.05, 0.1) is 24.9 Å². The molecule has 34 heavy (non-hydrogen) atoms. The fraction of sp³-hybridized carbons (Fsp3) is 0.214. The van der Waals surface area contributed by atoms with Crippen LogP contribution in [0.4, 0.5) is 5.69 Å². The maximum Gasteiger partial charge on any atom is 0.174 e. The van der Waals surface area contributed by atoms with Crippen molar-refractivity contribution in [3.8, 4) is 11.4 Å². The highest BCUT2D eigenvalue weighted by molar-refractivity contribution is 7.80. The Kier molecular flexibility index (Phi) is 5.84. The van der Waals surface area contributed by atoms with Crippen LogP contribution in [0.3, 0.4) is 0 Å². The molecule has 3 heterocycles. The number of nitrogens with zero attached hydrogens (tertiary/aromatic N) is 3. The van der Waals surface area contributed by atoms with E-state index in [2.05, 4.69) is 89.1 Å². The lowest BCUT2D eigenvalue weighted by molar-refractivity contribution is 0.414. The number of nitrogens with one attached hydrogen (secondary N) is 1. The lowest BCUT2D eigenvalue weighted by atomic mass is 9.96. The molecule has 0 amide bonds. The molecule has 2 atom stereocenters. The maximum absolute atomic E-state index is 5.88. The second-order valence-corrected chi connectivity index (χ2v) is 9.08. The molecule has 1 aliphatic heterocycles. The summed E-state index contributed by atoms with van der Waals surface area (Å²) >= 11 is 5.88. The Morgan fingerprint density at radius 3 is 2.41 bits per heavy atom. The van der Waals surface area contributed by atoms with E-state index < -0.39 is 0 Å². The van der Waals surface area contributed by atoms with Crippen LogP contribution in [-0.2, 0) is 0 Å². The molecule has 5 nitrogen and oxygen atoms in total. The molecule has 0 saturated carbocycles. The number of pyridine rings is 1. The zero-order valence-corrected chi connectivity index (χ0v) is 20.6. The number of benzene rings is 2. The molecule has 1 fully saturated rings. The zero-order valence-electron chi connectivity index (χ0n) is 19.8. The van der Waals surface area contributed by atoms with Gasteiger partial charge in [0.2, 0.25) is 0 Å². The molecule has 2 aromatic carbocycles. The van der Waals surface area contributed by atoms with E-state index in [0.717, 1.165) is 28.5 Å². The number of hydrogen-bond acceptors (Lipinski definition) is 3. The summed E-state index contributed by atoms with van der Waals surface area (Å²) in [5.74, 6) is 0.836. The standard InChI is InChI=1S/C28H28N4OS/c1-18-11-13-21(14-12-18)32-27(26(30-28(32)34)25-10-5-6-15-29-25)24-16-19(2)31(20(24)3)22-8-7-9-23(17-22)33-4/h5-17,26-27H,1-4H3,(H,30,34)/t26-,27-/m1/s1. The van der Waals surface area contributed by atoms with E-state index in [1.807, 2.05) is 30.5 Å². The predicted octanol–water partition coefficient (Wildman–Crippen LogP) is 5.98. The Bertz CT molecular complexity index is 1330. The van der Waals surface area contributed by atoms with Crippen LogP contribution in [0, 0.1) is 20.8 Å². The smallest absolute Gasteiger partial charge is 0.174 e. The van der Waals surface area contributed by atoms with Crippen molar-refractivity contribution in [2.75, 3.05) is 12.0 Å². The van der Waals surface area contributed by atoms with Gasteiger partial charge in [-0.2, -0.15) is 0 Å². The van der Waals surface area contributed by atoms with Gasteiger partial charge in [0.25, 0.3) is 0 Å². The van der Waals surface area contributed by atoms with Gasteiger partial charge >= 0.3 is 0 Å². The number of aryl methyl sites for hydroxylation is 2. The van der Waals surface area contributed by atoms with Crippen LogP contribution in [0.1, 0.15) is 40.3 Å². The molecule has 0 radical (unpaired) electrons. The molecule has 1 aliphatic rings. The fourth-order valence-electron chi connectivity index (χ4n) is 4.89. The highest BCUT2D eigenvalue weighted by Gasteiger charge is 2.42. The Balaban J connectivity index is 1.67. The molecule has 5 rings (SSSR count). The Labute approximate surface area is 206 Å². The van der Waals surface area contributed by atoms with E-state index >= 15 is 0 Å². The molecular formula is C28H28N4OS. The molecule has 172 valence electrons. The van der Waals surface area contributed by atoms with E-state index in [0.29, 0.717) is 5.11 Å². The number of aromatic nitrogens is 2. The quantitative estimate of drug-likeness (QED) is 0.365. The van der Waals surface area contributed by atoms with E-state index in [1.54, 1.807) is 7.11 Å². The Morgan fingerprint density at radius 1 is 0.912 bits per heavy atom. The normalized spacial score (nSPS) is 17.6. The molecule has 1 saturated heterocycles. The Hall–Kier alpha value is -3.64. The third kappa shape index (κ3) is 3.84. The average Bonchev–Trinajstić information content (AvgIpc) is 3.35. The monoisotopic (exact) mass is 468 g/mol. The molecule has 0 bridgehead atoms. The van der Waals surface area contributed by atoms with Crippen LogP contribution in [-0.4, -0.2) is 21.8 Å². The minimum atomic E-state index is -0.0748. The molecule has 0 spiro atoms. The summed E-state index contributed by atoms with van der Waals surface area (Å²) in [6.07, 6.45) is 1.84. The second-order valence-electron chi connectivity index (χ2n) is 8.70. The third-order valence-corrected chi connectivity index (χ3v) is 6.83. The zero-order chi connectivity index (χ0) is 23.8. The van der Waals surface area contributed by atoms with Gasteiger partial charge < -0.3 is 19.5 Å². The van der Waals surface area contributed by atoms with Crippen molar-refractivity contribution in [3.05, 3.63) is 107 Å². The van der Waals surface area contributed by atoms with E-state index in [-0.39, 0.29) is 12.1 Å².